The molecule has 6 nitrogen and oxygen atoms in total. The number of aromatic nitrogens is 2. The first-order valence-electron chi connectivity index (χ1n) is 8.82. The highest BCUT2D eigenvalue weighted by molar-refractivity contribution is 8.13. The zero-order valence-electron chi connectivity index (χ0n) is 15.5. The van der Waals surface area contributed by atoms with E-state index >= 15 is 0 Å². The molecule has 0 bridgehead atoms. The van der Waals surface area contributed by atoms with Crippen LogP contribution in [0.4, 0.5) is 0 Å². The lowest BCUT2D eigenvalue weighted by atomic mass is 10.1. The van der Waals surface area contributed by atoms with Gasteiger partial charge in [0.1, 0.15) is 0 Å². The average molecular weight is 400 g/mol. The van der Waals surface area contributed by atoms with Crippen molar-refractivity contribution in [3.05, 3.63) is 84.2 Å². The monoisotopic (exact) mass is 400 g/mol. The first-order valence-corrected chi connectivity index (χ1v) is 10.0. The molecule has 0 spiro atoms. The largest absolute Gasteiger partial charge is 0.301 e. The fraction of sp³-hybridized carbons (Fsp3) is 0.0455. The first kappa shape index (κ1) is 18.8. The Morgan fingerprint density at radius 2 is 1.41 bits per heavy atom. The van der Waals surface area contributed by atoms with Crippen LogP contribution in [0.15, 0.2) is 78.0 Å². The van der Waals surface area contributed by atoms with Gasteiger partial charge in [0.25, 0.3) is 11.8 Å². The molecule has 2 aromatic carbocycles. The number of pyridine rings is 2. The van der Waals surface area contributed by atoms with E-state index in [2.05, 4.69) is 20.3 Å². The molecule has 0 fully saturated rings. The van der Waals surface area contributed by atoms with Gasteiger partial charge in [0.05, 0.1) is 22.2 Å². The van der Waals surface area contributed by atoms with Gasteiger partial charge in [-0.05, 0) is 30.5 Å². The fourth-order valence-corrected chi connectivity index (χ4v) is 3.20. The number of amidine groups is 1. The lowest BCUT2D eigenvalue weighted by Gasteiger charge is -2.07. The minimum Gasteiger partial charge on any atom is -0.301 e. The molecule has 2 heterocycles. The average Bonchev–Trinajstić information content (AvgIpc) is 2.77. The second-order valence-electron chi connectivity index (χ2n) is 6.21. The number of carbonyl (C=O) groups is 2. The van der Waals surface area contributed by atoms with E-state index in [9.17, 15) is 9.59 Å². The van der Waals surface area contributed by atoms with Gasteiger partial charge in [0.15, 0.2) is 5.17 Å². The van der Waals surface area contributed by atoms with Crippen LogP contribution in [0.3, 0.4) is 0 Å². The van der Waals surface area contributed by atoms with Crippen molar-refractivity contribution in [2.45, 2.75) is 0 Å². The van der Waals surface area contributed by atoms with E-state index in [4.69, 9.17) is 0 Å². The highest BCUT2D eigenvalue weighted by atomic mass is 32.2. The molecule has 0 radical (unpaired) electrons. The van der Waals surface area contributed by atoms with Crippen LogP contribution in [0, 0.1) is 0 Å². The number of hydrogen-bond acceptors (Lipinski definition) is 5. The maximum absolute atomic E-state index is 12.6. The van der Waals surface area contributed by atoms with Crippen molar-refractivity contribution in [3.63, 3.8) is 0 Å². The Morgan fingerprint density at radius 3 is 2.03 bits per heavy atom. The summed E-state index contributed by atoms with van der Waals surface area (Å²) in [6.45, 7) is 0. The summed E-state index contributed by atoms with van der Waals surface area (Å²) >= 11 is 1.18. The number of aliphatic imine (C=N–C) groups is 1. The fourth-order valence-electron chi connectivity index (χ4n) is 2.83. The lowest BCUT2D eigenvalue weighted by molar-refractivity contribution is 0.0977. The molecule has 4 aromatic rings. The standard InChI is InChI=1S/C22H16N4O2S/c1-29-22(25-20(27)16-10-14-6-2-4-8-18(14)23-12-16)26-21(28)17-11-15-7-3-5-9-19(15)24-13-17/h2-13H,1H3,(H,25,26,27,28). The summed E-state index contributed by atoms with van der Waals surface area (Å²) < 4.78 is 0. The van der Waals surface area contributed by atoms with E-state index in [1.807, 2.05) is 48.5 Å². The molecule has 142 valence electrons. The number of hydrogen-bond donors (Lipinski definition) is 1. The number of rotatable bonds is 2. The number of benzene rings is 2. The Bertz CT molecular complexity index is 1270. The van der Waals surface area contributed by atoms with Crippen molar-refractivity contribution in [1.29, 1.82) is 0 Å². The number of amides is 2. The summed E-state index contributed by atoms with van der Waals surface area (Å²) in [6.07, 6.45) is 4.73. The molecule has 0 aliphatic rings. The Balaban J connectivity index is 1.55. The number of carbonyl (C=O) groups excluding carboxylic acids is 2. The third kappa shape index (κ3) is 4.14. The van der Waals surface area contributed by atoms with Crippen LogP contribution in [-0.4, -0.2) is 33.2 Å². The van der Waals surface area contributed by atoms with Gasteiger partial charge in [0, 0.05) is 23.2 Å². The normalized spacial score (nSPS) is 11.6. The number of nitrogens with zero attached hydrogens (tertiary/aromatic N) is 3. The Labute approximate surface area is 171 Å². The van der Waals surface area contributed by atoms with E-state index in [0.29, 0.717) is 11.1 Å². The molecular formula is C22H16N4O2S. The predicted molar refractivity (Wildman–Crippen MR) is 116 cm³/mol. The molecule has 0 atom stereocenters. The van der Waals surface area contributed by atoms with Gasteiger partial charge in [-0.1, -0.05) is 48.2 Å². The summed E-state index contributed by atoms with van der Waals surface area (Å²) in [7, 11) is 0. The summed E-state index contributed by atoms with van der Waals surface area (Å²) in [5, 5.41) is 4.60. The summed E-state index contributed by atoms with van der Waals surface area (Å²) in [6, 6.07) is 18.6. The van der Waals surface area contributed by atoms with Crippen LogP contribution in [-0.2, 0) is 0 Å². The minimum absolute atomic E-state index is 0.210. The van der Waals surface area contributed by atoms with Crippen LogP contribution in [0.2, 0.25) is 0 Å². The number of nitrogens with one attached hydrogen (secondary N) is 1. The van der Waals surface area contributed by atoms with Crippen molar-refractivity contribution in [1.82, 2.24) is 15.3 Å². The molecule has 4 rings (SSSR count). The maximum Gasteiger partial charge on any atom is 0.280 e. The molecule has 2 aromatic heterocycles. The number of thioether (sulfide) groups is 1. The van der Waals surface area contributed by atoms with Crippen LogP contribution in [0.1, 0.15) is 20.7 Å². The summed E-state index contributed by atoms with van der Waals surface area (Å²) in [4.78, 5) is 37.7. The van der Waals surface area contributed by atoms with Gasteiger partial charge in [-0.3, -0.25) is 19.6 Å². The Hall–Kier alpha value is -3.58. The zero-order valence-corrected chi connectivity index (χ0v) is 16.3. The smallest absolute Gasteiger partial charge is 0.280 e. The van der Waals surface area contributed by atoms with Crippen LogP contribution in [0.5, 0.6) is 0 Å². The maximum atomic E-state index is 12.6. The summed E-state index contributed by atoms with van der Waals surface area (Å²) in [5.74, 6) is -0.842. The first-order chi connectivity index (χ1) is 14.1. The van der Waals surface area contributed by atoms with Crippen molar-refractivity contribution < 1.29 is 9.59 Å². The van der Waals surface area contributed by atoms with E-state index < -0.39 is 5.91 Å². The predicted octanol–water partition coefficient (Wildman–Crippen LogP) is 4.07. The van der Waals surface area contributed by atoms with Crippen LogP contribution >= 0.6 is 11.8 Å². The molecule has 0 unspecified atom stereocenters. The quantitative estimate of drug-likeness (QED) is 0.405. The minimum atomic E-state index is -0.468. The molecule has 7 heteroatoms. The second kappa shape index (κ2) is 8.20. The molecule has 2 amide bonds. The van der Waals surface area contributed by atoms with Gasteiger partial charge in [-0.25, -0.2) is 0 Å². The highest BCUT2D eigenvalue weighted by Crippen LogP contribution is 2.15. The van der Waals surface area contributed by atoms with Crippen molar-refractivity contribution in [3.8, 4) is 0 Å². The van der Waals surface area contributed by atoms with E-state index in [-0.39, 0.29) is 11.1 Å². The van der Waals surface area contributed by atoms with Gasteiger partial charge < -0.3 is 5.32 Å². The second-order valence-corrected chi connectivity index (χ2v) is 7.01. The van der Waals surface area contributed by atoms with E-state index in [1.54, 1.807) is 18.4 Å². The van der Waals surface area contributed by atoms with Crippen LogP contribution in [0.25, 0.3) is 21.8 Å². The molecule has 0 aliphatic carbocycles. The van der Waals surface area contributed by atoms with Crippen molar-refractivity contribution in [2.75, 3.05) is 6.26 Å². The van der Waals surface area contributed by atoms with E-state index in [0.717, 1.165) is 21.8 Å². The van der Waals surface area contributed by atoms with E-state index in [1.165, 1.54) is 24.2 Å². The Morgan fingerprint density at radius 1 is 0.862 bits per heavy atom. The molecule has 1 N–H and O–H groups in total. The molecule has 0 saturated carbocycles. The van der Waals surface area contributed by atoms with Crippen molar-refractivity contribution in [2.24, 2.45) is 4.99 Å². The van der Waals surface area contributed by atoms with Gasteiger partial charge in [-0.15, -0.1) is 0 Å². The number of fused-ring (bicyclic) bond motifs is 2. The van der Waals surface area contributed by atoms with Crippen LogP contribution < -0.4 is 5.32 Å². The van der Waals surface area contributed by atoms with Gasteiger partial charge >= 0.3 is 0 Å². The van der Waals surface area contributed by atoms with Crippen molar-refractivity contribution >= 4 is 50.5 Å². The van der Waals surface area contributed by atoms with Gasteiger partial charge in [0.2, 0.25) is 0 Å². The third-order valence-corrected chi connectivity index (χ3v) is 4.89. The summed E-state index contributed by atoms with van der Waals surface area (Å²) in [5.41, 5.74) is 2.36. The SMILES string of the molecule is CSC(=NC(=O)c1cnc2ccccc2c1)NC(=O)c1cnc2ccccc2c1. The zero-order chi connectivity index (χ0) is 20.2. The lowest BCUT2D eigenvalue weighted by Crippen LogP contribution is -2.29. The molecule has 0 aliphatic heterocycles. The third-order valence-electron chi connectivity index (χ3n) is 4.31. The molecule has 29 heavy (non-hydrogen) atoms. The number of para-hydroxylation sites is 2. The Kier molecular flexibility index (Phi) is 5.31. The topological polar surface area (TPSA) is 84.3 Å². The molecular weight excluding hydrogens is 384 g/mol. The highest BCUT2D eigenvalue weighted by Gasteiger charge is 2.13. The molecule has 0 saturated heterocycles. The van der Waals surface area contributed by atoms with Gasteiger partial charge in [-0.2, -0.15) is 4.99 Å².